The molecule has 1 amide bonds. The van der Waals surface area contributed by atoms with Crippen molar-refractivity contribution in [1.82, 2.24) is 25.3 Å². The molecule has 8 nitrogen and oxygen atoms in total. The van der Waals surface area contributed by atoms with E-state index in [4.69, 9.17) is 0 Å². The molecule has 0 atom stereocenters. The highest BCUT2D eigenvalue weighted by molar-refractivity contribution is 5.97. The molecule has 2 heterocycles. The molecule has 4 rings (SSSR count). The molecule has 3 aromatic rings. The van der Waals surface area contributed by atoms with Crippen LogP contribution >= 0.6 is 0 Å². The van der Waals surface area contributed by atoms with Crippen molar-refractivity contribution in [1.29, 1.82) is 0 Å². The minimum Gasteiger partial charge on any atom is -0.480 e. The van der Waals surface area contributed by atoms with Crippen molar-refractivity contribution in [3.8, 4) is 5.69 Å². The predicted molar refractivity (Wildman–Crippen MR) is 102 cm³/mol. The van der Waals surface area contributed by atoms with Gasteiger partial charge in [-0.3, -0.25) is 9.78 Å². The monoisotopic (exact) mass is 379 g/mol. The third-order valence-electron chi connectivity index (χ3n) is 5.46. The molecule has 2 aromatic heterocycles. The van der Waals surface area contributed by atoms with E-state index in [1.54, 1.807) is 24.0 Å². The van der Waals surface area contributed by atoms with Crippen LogP contribution in [0.25, 0.3) is 16.5 Å². The maximum atomic E-state index is 12.9. The van der Waals surface area contributed by atoms with Crippen LogP contribution in [0.15, 0.2) is 36.7 Å². The number of pyridine rings is 1. The number of amides is 1. The summed E-state index contributed by atoms with van der Waals surface area (Å²) in [6.45, 7) is 1.75. The fraction of sp³-hybridized carbons (Fsp3) is 0.350. The van der Waals surface area contributed by atoms with E-state index in [1.165, 1.54) is 0 Å². The molecule has 28 heavy (non-hydrogen) atoms. The Balaban J connectivity index is 1.68. The minimum absolute atomic E-state index is 0.136. The van der Waals surface area contributed by atoms with E-state index in [0.717, 1.165) is 35.7 Å². The van der Waals surface area contributed by atoms with Gasteiger partial charge in [0.05, 0.1) is 11.4 Å². The summed E-state index contributed by atoms with van der Waals surface area (Å²) in [7, 11) is 0. The van der Waals surface area contributed by atoms with Gasteiger partial charge in [0.1, 0.15) is 5.54 Å². The van der Waals surface area contributed by atoms with Crippen LogP contribution in [-0.4, -0.2) is 42.5 Å². The molecule has 8 heteroatoms. The molecule has 0 bridgehead atoms. The number of benzene rings is 1. The summed E-state index contributed by atoms with van der Waals surface area (Å²) in [5, 5.41) is 22.5. The highest BCUT2D eigenvalue weighted by Crippen LogP contribution is 2.29. The summed E-state index contributed by atoms with van der Waals surface area (Å²) in [6.07, 6.45) is 6.86. The third kappa shape index (κ3) is 3.00. The number of hydrogen-bond acceptors (Lipinski definition) is 5. The van der Waals surface area contributed by atoms with Crippen LogP contribution in [-0.2, 0) is 4.79 Å². The van der Waals surface area contributed by atoms with Gasteiger partial charge in [0.25, 0.3) is 5.91 Å². The molecule has 1 aliphatic carbocycles. The van der Waals surface area contributed by atoms with E-state index in [2.05, 4.69) is 20.6 Å². The van der Waals surface area contributed by atoms with Crippen molar-refractivity contribution < 1.29 is 14.7 Å². The number of carboxylic acids is 1. The topological polar surface area (TPSA) is 110 Å². The van der Waals surface area contributed by atoms with Gasteiger partial charge in [0, 0.05) is 23.2 Å². The lowest BCUT2D eigenvalue weighted by Crippen LogP contribution is -2.55. The Morgan fingerprint density at radius 2 is 1.96 bits per heavy atom. The number of nitrogens with one attached hydrogen (secondary N) is 1. The molecule has 144 valence electrons. The normalized spacial score (nSPS) is 16.0. The van der Waals surface area contributed by atoms with Gasteiger partial charge in [0.2, 0.25) is 0 Å². The SMILES string of the molecule is Cc1c(C(=O)NC2(C(=O)O)CCCCC2)nnn1-c1cccc2cnccc12. The van der Waals surface area contributed by atoms with Crippen LogP contribution in [0.1, 0.15) is 48.3 Å². The zero-order chi connectivity index (χ0) is 19.7. The van der Waals surface area contributed by atoms with E-state index in [9.17, 15) is 14.7 Å². The number of hydrogen-bond donors (Lipinski definition) is 2. The van der Waals surface area contributed by atoms with Crippen LogP contribution in [0.4, 0.5) is 0 Å². The minimum atomic E-state index is -1.23. The van der Waals surface area contributed by atoms with Gasteiger partial charge in [-0.2, -0.15) is 0 Å². The third-order valence-corrected chi connectivity index (χ3v) is 5.46. The Bertz CT molecular complexity index is 1050. The Labute approximate surface area is 161 Å². The quantitative estimate of drug-likeness (QED) is 0.721. The van der Waals surface area contributed by atoms with Crippen LogP contribution in [0, 0.1) is 6.92 Å². The molecule has 0 aliphatic heterocycles. The summed E-state index contributed by atoms with van der Waals surface area (Å²) in [5.41, 5.74) is 0.251. The molecule has 1 saturated carbocycles. The van der Waals surface area contributed by atoms with Crippen molar-refractivity contribution >= 4 is 22.6 Å². The maximum absolute atomic E-state index is 12.9. The lowest BCUT2D eigenvalue weighted by Gasteiger charge is -2.33. The van der Waals surface area contributed by atoms with Gasteiger partial charge in [-0.05, 0) is 31.9 Å². The number of carbonyl (C=O) groups excluding carboxylic acids is 1. The first-order chi connectivity index (χ1) is 13.5. The van der Waals surface area contributed by atoms with E-state index >= 15 is 0 Å². The number of aromatic nitrogens is 4. The molecule has 0 saturated heterocycles. The largest absolute Gasteiger partial charge is 0.480 e. The van der Waals surface area contributed by atoms with Crippen molar-refractivity contribution in [3.63, 3.8) is 0 Å². The molecule has 1 fully saturated rings. The number of carbonyl (C=O) groups is 2. The van der Waals surface area contributed by atoms with Crippen LogP contribution in [0.3, 0.4) is 0 Å². The number of rotatable bonds is 4. The average molecular weight is 379 g/mol. The van der Waals surface area contributed by atoms with Crippen LogP contribution in [0.2, 0.25) is 0 Å². The van der Waals surface area contributed by atoms with Crippen LogP contribution < -0.4 is 5.32 Å². The first-order valence-electron chi connectivity index (χ1n) is 9.33. The molecule has 0 radical (unpaired) electrons. The van der Waals surface area contributed by atoms with Gasteiger partial charge in [-0.15, -0.1) is 5.10 Å². The molecule has 0 unspecified atom stereocenters. The van der Waals surface area contributed by atoms with Crippen LogP contribution in [0.5, 0.6) is 0 Å². The lowest BCUT2D eigenvalue weighted by molar-refractivity contribution is -0.145. The highest BCUT2D eigenvalue weighted by Gasteiger charge is 2.41. The summed E-state index contributed by atoms with van der Waals surface area (Å²) in [6, 6.07) is 7.62. The number of fused-ring (bicyclic) bond motifs is 1. The van der Waals surface area contributed by atoms with Gasteiger partial charge in [-0.1, -0.05) is 36.6 Å². The second-order valence-electron chi connectivity index (χ2n) is 7.21. The molecule has 2 N–H and O–H groups in total. The zero-order valence-corrected chi connectivity index (χ0v) is 15.6. The van der Waals surface area contributed by atoms with E-state index in [-0.39, 0.29) is 5.69 Å². The maximum Gasteiger partial charge on any atom is 0.329 e. The van der Waals surface area contributed by atoms with Crippen molar-refractivity contribution in [2.75, 3.05) is 0 Å². The van der Waals surface area contributed by atoms with Gasteiger partial charge in [0.15, 0.2) is 5.69 Å². The van der Waals surface area contributed by atoms with Gasteiger partial charge >= 0.3 is 5.97 Å². The Kier molecular flexibility index (Phi) is 4.54. The molecular formula is C20H21N5O3. The van der Waals surface area contributed by atoms with Crippen molar-refractivity contribution in [2.45, 2.75) is 44.6 Å². The number of carboxylic acid groups (broad SMARTS) is 1. The summed E-state index contributed by atoms with van der Waals surface area (Å²) in [4.78, 5) is 28.8. The first kappa shape index (κ1) is 18.1. The fourth-order valence-electron chi connectivity index (χ4n) is 3.88. The van der Waals surface area contributed by atoms with E-state index < -0.39 is 17.4 Å². The van der Waals surface area contributed by atoms with Crippen molar-refractivity contribution in [3.05, 3.63) is 48.0 Å². The lowest BCUT2D eigenvalue weighted by atomic mass is 9.81. The highest BCUT2D eigenvalue weighted by atomic mass is 16.4. The second-order valence-corrected chi connectivity index (χ2v) is 7.21. The Hall–Kier alpha value is -3.29. The van der Waals surface area contributed by atoms with E-state index in [1.807, 2.05) is 24.3 Å². The summed E-state index contributed by atoms with van der Waals surface area (Å²) >= 11 is 0. The number of nitrogens with zero attached hydrogens (tertiary/aromatic N) is 4. The molecule has 1 aliphatic rings. The number of aliphatic carboxylic acids is 1. The summed E-state index contributed by atoms with van der Waals surface area (Å²) in [5.74, 6) is -1.50. The smallest absolute Gasteiger partial charge is 0.329 e. The standard InChI is InChI=1S/C20H21N5O3/c1-13-17(18(26)22-20(19(27)28)9-3-2-4-10-20)23-24-25(13)16-7-5-6-14-12-21-11-8-15(14)16/h5-8,11-12H,2-4,9-10H2,1H3,(H,22,26)(H,27,28). The molecule has 1 aromatic carbocycles. The molecular weight excluding hydrogens is 358 g/mol. The first-order valence-corrected chi connectivity index (χ1v) is 9.33. The Morgan fingerprint density at radius 3 is 2.71 bits per heavy atom. The van der Waals surface area contributed by atoms with Crippen molar-refractivity contribution in [2.24, 2.45) is 0 Å². The average Bonchev–Trinajstić information content (AvgIpc) is 3.09. The second kappa shape index (κ2) is 7.03. The predicted octanol–water partition coefficient (Wildman–Crippen LogP) is 2.64. The summed E-state index contributed by atoms with van der Waals surface area (Å²) < 4.78 is 1.60. The Morgan fingerprint density at radius 1 is 1.18 bits per heavy atom. The van der Waals surface area contributed by atoms with Gasteiger partial charge < -0.3 is 10.4 Å². The molecule has 0 spiro atoms. The van der Waals surface area contributed by atoms with E-state index in [0.29, 0.717) is 18.5 Å². The van der Waals surface area contributed by atoms with Gasteiger partial charge in [-0.25, -0.2) is 9.48 Å². The zero-order valence-electron chi connectivity index (χ0n) is 15.6. The fourth-order valence-corrected chi connectivity index (χ4v) is 3.88.